The van der Waals surface area contributed by atoms with Crippen molar-refractivity contribution < 1.29 is 4.79 Å². The number of amides is 1. The van der Waals surface area contributed by atoms with Crippen LogP contribution < -0.4 is 10.2 Å². The molecule has 0 aliphatic carbocycles. The highest BCUT2D eigenvalue weighted by molar-refractivity contribution is 6.30. The molecule has 0 saturated carbocycles. The molecule has 0 fully saturated rings. The van der Waals surface area contributed by atoms with Gasteiger partial charge < -0.3 is 10.2 Å². The lowest BCUT2D eigenvalue weighted by molar-refractivity contribution is -0.120. The lowest BCUT2D eigenvalue weighted by Crippen LogP contribution is -2.34. The van der Waals surface area contributed by atoms with E-state index in [2.05, 4.69) is 41.4 Å². The summed E-state index contributed by atoms with van der Waals surface area (Å²) in [4.78, 5) is 14.4. The van der Waals surface area contributed by atoms with Crippen LogP contribution in [0.3, 0.4) is 0 Å². The minimum Gasteiger partial charge on any atom is -0.368 e. The van der Waals surface area contributed by atoms with Gasteiger partial charge in [-0.15, -0.1) is 0 Å². The van der Waals surface area contributed by atoms with Gasteiger partial charge >= 0.3 is 0 Å². The van der Waals surface area contributed by atoms with Gasteiger partial charge in [0.25, 0.3) is 0 Å². The van der Waals surface area contributed by atoms with Crippen LogP contribution >= 0.6 is 11.6 Å². The smallest absolute Gasteiger partial charge is 0.221 e. The molecule has 1 unspecified atom stereocenters. The number of para-hydroxylation sites is 1. The Balaban J connectivity index is 1.43. The van der Waals surface area contributed by atoms with Crippen LogP contribution in [0, 0.1) is 0 Å². The van der Waals surface area contributed by atoms with Crippen LogP contribution in [0.25, 0.3) is 0 Å². The Hall–Kier alpha value is -2.00. The molecule has 1 aliphatic heterocycles. The van der Waals surface area contributed by atoms with Crippen LogP contribution in [0.2, 0.25) is 5.02 Å². The van der Waals surface area contributed by atoms with Crippen LogP contribution in [0.5, 0.6) is 0 Å². The Kier molecular flexibility index (Phi) is 5.41. The molecule has 2 aromatic carbocycles. The number of nitrogens with one attached hydrogen (secondary N) is 1. The van der Waals surface area contributed by atoms with Crippen molar-refractivity contribution in [3.8, 4) is 0 Å². The topological polar surface area (TPSA) is 32.3 Å². The van der Waals surface area contributed by atoms with Crippen LogP contribution in [0.4, 0.5) is 5.69 Å². The molecular formula is C20H23ClN2O. The Morgan fingerprint density at radius 3 is 2.75 bits per heavy atom. The highest BCUT2D eigenvalue weighted by Gasteiger charge is 2.25. The van der Waals surface area contributed by atoms with Gasteiger partial charge in [-0.3, -0.25) is 4.79 Å². The number of carbonyl (C=O) groups is 1. The summed E-state index contributed by atoms with van der Waals surface area (Å²) in [6, 6.07) is 16.7. The average Bonchev–Trinajstić information content (AvgIpc) is 2.90. The molecule has 0 saturated heterocycles. The number of hydrogen-bond acceptors (Lipinski definition) is 2. The van der Waals surface area contributed by atoms with E-state index in [1.165, 1.54) is 16.8 Å². The van der Waals surface area contributed by atoms with Crippen molar-refractivity contribution in [3.63, 3.8) is 0 Å². The van der Waals surface area contributed by atoms with E-state index in [0.29, 0.717) is 19.0 Å². The summed E-state index contributed by atoms with van der Waals surface area (Å²) in [5, 5.41) is 3.75. The molecule has 3 rings (SSSR count). The second-order valence-electron chi connectivity index (χ2n) is 6.35. The summed E-state index contributed by atoms with van der Waals surface area (Å²) in [6.45, 7) is 3.65. The first kappa shape index (κ1) is 16.8. The van der Waals surface area contributed by atoms with Crippen molar-refractivity contribution in [1.29, 1.82) is 0 Å². The molecule has 1 atom stereocenters. The first-order valence-corrected chi connectivity index (χ1v) is 8.87. The summed E-state index contributed by atoms with van der Waals surface area (Å²) in [5.74, 6) is 0.112. The van der Waals surface area contributed by atoms with E-state index in [1.54, 1.807) is 0 Å². The summed E-state index contributed by atoms with van der Waals surface area (Å²) >= 11 is 5.87. The van der Waals surface area contributed by atoms with Gasteiger partial charge in [0, 0.05) is 36.3 Å². The van der Waals surface area contributed by atoms with Crippen LogP contribution in [0.1, 0.15) is 24.5 Å². The molecule has 126 valence electrons. The number of anilines is 1. The Morgan fingerprint density at radius 1 is 1.21 bits per heavy atom. The predicted octanol–water partition coefficient (Wildman–Crippen LogP) is 3.84. The zero-order chi connectivity index (χ0) is 16.9. The van der Waals surface area contributed by atoms with Crippen molar-refractivity contribution in [1.82, 2.24) is 5.32 Å². The van der Waals surface area contributed by atoms with Gasteiger partial charge in [-0.2, -0.15) is 0 Å². The number of benzene rings is 2. The van der Waals surface area contributed by atoms with E-state index >= 15 is 0 Å². The van der Waals surface area contributed by atoms with Gasteiger partial charge in [0.05, 0.1) is 0 Å². The number of rotatable bonds is 6. The molecule has 1 heterocycles. The Labute approximate surface area is 148 Å². The molecule has 0 aromatic heterocycles. The maximum atomic E-state index is 12.1. The minimum atomic E-state index is 0.112. The van der Waals surface area contributed by atoms with Crippen molar-refractivity contribution >= 4 is 23.2 Å². The Morgan fingerprint density at radius 2 is 1.96 bits per heavy atom. The van der Waals surface area contributed by atoms with E-state index in [1.807, 2.05) is 24.3 Å². The van der Waals surface area contributed by atoms with Crippen molar-refractivity contribution in [2.24, 2.45) is 0 Å². The minimum absolute atomic E-state index is 0.112. The fourth-order valence-electron chi connectivity index (χ4n) is 3.28. The largest absolute Gasteiger partial charge is 0.368 e. The maximum Gasteiger partial charge on any atom is 0.221 e. The highest BCUT2D eigenvalue weighted by atomic mass is 35.5. The fourth-order valence-corrected chi connectivity index (χ4v) is 3.40. The summed E-state index contributed by atoms with van der Waals surface area (Å²) < 4.78 is 0. The fraction of sp³-hybridized carbons (Fsp3) is 0.350. The van der Waals surface area contributed by atoms with E-state index in [0.717, 1.165) is 24.4 Å². The number of fused-ring (bicyclic) bond motifs is 1. The summed E-state index contributed by atoms with van der Waals surface area (Å²) in [5.41, 5.74) is 3.84. The van der Waals surface area contributed by atoms with Gasteiger partial charge in [0.2, 0.25) is 5.91 Å². The monoisotopic (exact) mass is 342 g/mol. The second kappa shape index (κ2) is 7.71. The molecule has 0 bridgehead atoms. The van der Waals surface area contributed by atoms with E-state index in [4.69, 9.17) is 11.6 Å². The zero-order valence-corrected chi connectivity index (χ0v) is 14.7. The molecule has 0 radical (unpaired) electrons. The molecule has 4 heteroatoms. The third-order valence-electron chi connectivity index (χ3n) is 4.58. The van der Waals surface area contributed by atoms with Gasteiger partial charge in [0.1, 0.15) is 0 Å². The van der Waals surface area contributed by atoms with Crippen molar-refractivity contribution in [2.45, 2.75) is 32.2 Å². The summed E-state index contributed by atoms with van der Waals surface area (Å²) in [6.07, 6.45) is 2.42. The highest BCUT2D eigenvalue weighted by Crippen LogP contribution is 2.31. The first-order chi connectivity index (χ1) is 11.6. The summed E-state index contributed by atoms with van der Waals surface area (Å²) in [7, 11) is 0. The molecule has 2 aromatic rings. The van der Waals surface area contributed by atoms with E-state index in [-0.39, 0.29) is 5.91 Å². The number of hydrogen-bond donors (Lipinski definition) is 1. The number of carbonyl (C=O) groups excluding carboxylic acids is 1. The standard InChI is InChI=1S/C20H23ClN2O/c1-15-14-17-4-2-3-5-19(17)23(15)13-11-20(24)22-12-10-16-6-8-18(21)9-7-16/h2-9,15H,10-14H2,1H3,(H,22,24). The Bertz CT molecular complexity index is 699. The molecular weight excluding hydrogens is 320 g/mol. The lowest BCUT2D eigenvalue weighted by atomic mass is 10.1. The third-order valence-corrected chi connectivity index (χ3v) is 4.83. The third kappa shape index (κ3) is 4.09. The molecule has 1 N–H and O–H groups in total. The molecule has 24 heavy (non-hydrogen) atoms. The van der Waals surface area contributed by atoms with Crippen LogP contribution in [-0.2, 0) is 17.6 Å². The van der Waals surface area contributed by atoms with Gasteiger partial charge in [-0.1, -0.05) is 41.9 Å². The second-order valence-corrected chi connectivity index (χ2v) is 6.79. The molecule has 1 aliphatic rings. The van der Waals surface area contributed by atoms with Crippen molar-refractivity contribution in [3.05, 3.63) is 64.7 Å². The molecule has 1 amide bonds. The van der Waals surface area contributed by atoms with Crippen LogP contribution in [-0.4, -0.2) is 25.0 Å². The maximum absolute atomic E-state index is 12.1. The normalized spacial score (nSPS) is 16.1. The van der Waals surface area contributed by atoms with Gasteiger partial charge in [-0.25, -0.2) is 0 Å². The zero-order valence-electron chi connectivity index (χ0n) is 14.0. The van der Waals surface area contributed by atoms with Gasteiger partial charge in [-0.05, 0) is 49.1 Å². The number of halogens is 1. The lowest BCUT2D eigenvalue weighted by Gasteiger charge is -2.24. The van der Waals surface area contributed by atoms with E-state index in [9.17, 15) is 4.79 Å². The average molecular weight is 343 g/mol. The molecule has 3 nitrogen and oxygen atoms in total. The quantitative estimate of drug-likeness (QED) is 0.865. The molecule has 0 spiro atoms. The SMILES string of the molecule is CC1Cc2ccccc2N1CCC(=O)NCCc1ccc(Cl)cc1. The first-order valence-electron chi connectivity index (χ1n) is 8.49. The number of nitrogens with zero attached hydrogens (tertiary/aromatic N) is 1. The van der Waals surface area contributed by atoms with Crippen molar-refractivity contribution in [2.75, 3.05) is 18.0 Å². The van der Waals surface area contributed by atoms with Crippen LogP contribution in [0.15, 0.2) is 48.5 Å². The van der Waals surface area contributed by atoms with Gasteiger partial charge in [0.15, 0.2) is 0 Å². The predicted molar refractivity (Wildman–Crippen MR) is 99.7 cm³/mol. The van der Waals surface area contributed by atoms with E-state index < -0.39 is 0 Å².